The molecule has 0 radical (unpaired) electrons. The lowest BCUT2D eigenvalue weighted by atomic mass is 10.2. The van der Waals surface area contributed by atoms with Crippen LogP contribution in [-0.4, -0.2) is 11.5 Å². The van der Waals surface area contributed by atoms with Crippen LogP contribution >= 0.6 is 0 Å². The Labute approximate surface area is 111 Å². The Hall–Kier alpha value is -1.94. The van der Waals surface area contributed by atoms with Crippen molar-refractivity contribution in [3.63, 3.8) is 0 Å². The van der Waals surface area contributed by atoms with Gasteiger partial charge >= 0.3 is 0 Å². The summed E-state index contributed by atoms with van der Waals surface area (Å²) in [5.41, 5.74) is 9.65. The van der Waals surface area contributed by atoms with Gasteiger partial charge in [0.1, 0.15) is 5.82 Å². The fourth-order valence-electron chi connectivity index (χ4n) is 2.51. The average Bonchev–Trinajstić information content (AvgIpc) is 2.81. The van der Waals surface area contributed by atoms with Gasteiger partial charge in [-0.25, -0.2) is 4.39 Å². The van der Waals surface area contributed by atoms with Gasteiger partial charge in [-0.15, -0.1) is 0 Å². The minimum Gasteiger partial charge on any atom is -0.365 e. The van der Waals surface area contributed by atoms with Crippen molar-refractivity contribution in [3.8, 4) is 0 Å². The molecule has 1 aromatic heterocycles. The molecular weight excluding hydrogens is 241 g/mol. The number of halogens is 1. The zero-order valence-electron chi connectivity index (χ0n) is 10.6. The molecule has 3 nitrogen and oxygen atoms in total. The average molecular weight is 257 g/mol. The second-order valence-corrected chi connectivity index (χ2v) is 4.77. The molecule has 1 aliphatic heterocycles. The third-order valence-corrected chi connectivity index (χ3v) is 3.47. The molecule has 4 heteroatoms. The first kappa shape index (κ1) is 12.1. The molecule has 0 atom stereocenters. The summed E-state index contributed by atoms with van der Waals surface area (Å²) in [7, 11) is 0. The van der Waals surface area contributed by atoms with E-state index in [2.05, 4.69) is 9.88 Å². The third kappa shape index (κ3) is 2.44. The fraction of sp³-hybridized carbons (Fsp3) is 0.267. The van der Waals surface area contributed by atoms with Crippen LogP contribution in [-0.2, 0) is 19.5 Å². The quantitative estimate of drug-likeness (QED) is 0.917. The van der Waals surface area contributed by atoms with Gasteiger partial charge in [0, 0.05) is 18.8 Å². The van der Waals surface area contributed by atoms with Crippen LogP contribution in [0.1, 0.15) is 17.0 Å². The van der Waals surface area contributed by atoms with E-state index in [4.69, 9.17) is 5.73 Å². The van der Waals surface area contributed by atoms with Gasteiger partial charge in [0.05, 0.1) is 17.9 Å². The summed E-state index contributed by atoms with van der Waals surface area (Å²) < 4.78 is 13.3. The van der Waals surface area contributed by atoms with Gasteiger partial charge in [-0.3, -0.25) is 4.98 Å². The molecular formula is C15H16FN3. The highest BCUT2D eigenvalue weighted by Crippen LogP contribution is 2.29. The summed E-state index contributed by atoms with van der Waals surface area (Å²) in [6.07, 6.45) is 0.964. The number of hydrogen-bond acceptors (Lipinski definition) is 3. The molecule has 2 aromatic rings. The van der Waals surface area contributed by atoms with E-state index >= 15 is 0 Å². The van der Waals surface area contributed by atoms with E-state index in [9.17, 15) is 4.39 Å². The molecule has 19 heavy (non-hydrogen) atoms. The second-order valence-electron chi connectivity index (χ2n) is 4.77. The molecule has 0 bridgehead atoms. The van der Waals surface area contributed by atoms with Gasteiger partial charge in [0.2, 0.25) is 0 Å². The van der Waals surface area contributed by atoms with E-state index in [1.165, 1.54) is 11.6 Å². The van der Waals surface area contributed by atoms with Gasteiger partial charge in [-0.05, 0) is 36.2 Å². The van der Waals surface area contributed by atoms with Crippen molar-refractivity contribution in [1.82, 2.24) is 4.98 Å². The molecule has 0 unspecified atom stereocenters. The maximum absolute atomic E-state index is 13.3. The van der Waals surface area contributed by atoms with Crippen molar-refractivity contribution in [2.75, 3.05) is 11.4 Å². The summed E-state index contributed by atoms with van der Waals surface area (Å²) in [6, 6.07) is 10.9. The predicted octanol–water partition coefficient (Wildman–Crippen LogP) is 2.24. The molecule has 1 aromatic carbocycles. The van der Waals surface area contributed by atoms with Crippen LogP contribution < -0.4 is 10.6 Å². The van der Waals surface area contributed by atoms with Gasteiger partial charge in [0.15, 0.2) is 0 Å². The lowest BCUT2D eigenvalue weighted by Gasteiger charge is -2.19. The van der Waals surface area contributed by atoms with E-state index in [1.54, 1.807) is 6.07 Å². The summed E-state index contributed by atoms with van der Waals surface area (Å²) >= 11 is 0. The van der Waals surface area contributed by atoms with Crippen molar-refractivity contribution in [3.05, 3.63) is 59.2 Å². The molecule has 0 amide bonds. The Morgan fingerprint density at radius 1 is 1.21 bits per heavy atom. The number of aromatic nitrogens is 1. The number of pyridine rings is 1. The lowest BCUT2D eigenvalue weighted by molar-refractivity contribution is 0.627. The van der Waals surface area contributed by atoms with E-state index in [-0.39, 0.29) is 5.82 Å². The van der Waals surface area contributed by atoms with Crippen molar-refractivity contribution in [1.29, 1.82) is 0 Å². The van der Waals surface area contributed by atoms with Crippen LogP contribution in [0.4, 0.5) is 10.1 Å². The maximum atomic E-state index is 13.3. The molecule has 2 heterocycles. The van der Waals surface area contributed by atoms with E-state index in [0.29, 0.717) is 13.1 Å². The topological polar surface area (TPSA) is 42.1 Å². The molecule has 0 spiro atoms. The van der Waals surface area contributed by atoms with Crippen LogP contribution in [0.2, 0.25) is 0 Å². The summed E-state index contributed by atoms with van der Waals surface area (Å²) in [5.74, 6) is -0.186. The molecule has 0 aliphatic carbocycles. The molecule has 0 saturated carbocycles. The van der Waals surface area contributed by atoms with Gasteiger partial charge in [-0.2, -0.15) is 0 Å². The number of rotatable bonds is 3. The van der Waals surface area contributed by atoms with E-state index in [1.807, 2.05) is 24.3 Å². The SMILES string of the molecule is NCc1cccc(CN2CCc3ccc(F)cc32)n1. The number of hydrogen-bond donors (Lipinski definition) is 1. The molecule has 2 N–H and O–H groups in total. The highest BCUT2D eigenvalue weighted by Gasteiger charge is 2.19. The highest BCUT2D eigenvalue weighted by atomic mass is 19.1. The number of fused-ring (bicyclic) bond motifs is 1. The first-order valence-electron chi connectivity index (χ1n) is 6.44. The molecule has 0 fully saturated rings. The van der Waals surface area contributed by atoms with Gasteiger partial charge in [0.25, 0.3) is 0 Å². The number of nitrogens with two attached hydrogens (primary N) is 1. The molecule has 1 aliphatic rings. The third-order valence-electron chi connectivity index (χ3n) is 3.47. The smallest absolute Gasteiger partial charge is 0.125 e. The van der Waals surface area contributed by atoms with E-state index in [0.717, 1.165) is 30.0 Å². The Bertz CT molecular complexity index is 598. The summed E-state index contributed by atoms with van der Waals surface area (Å²) in [5, 5.41) is 0. The van der Waals surface area contributed by atoms with Crippen LogP contribution in [0, 0.1) is 5.82 Å². The standard InChI is InChI=1S/C15H16FN3/c16-12-5-4-11-6-7-19(15(11)8-12)10-14-3-1-2-13(9-17)18-14/h1-5,8H,6-7,9-10,17H2. The zero-order valence-corrected chi connectivity index (χ0v) is 10.6. The normalized spacial score (nSPS) is 13.7. The van der Waals surface area contributed by atoms with Crippen molar-refractivity contribution in [2.45, 2.75) is 19.5 Å². The largest absolute Gasteiger partial charge is 0.365 e. The Kier molecular flexibility index (Phi) is 3.17. The second kappa shape index (κ2) is 4.97. The number of benzene rings is 1. The maximum Gasteiger partial charge on any atom is 0.125 e. The van der Waals surface area contributed by atoms with Crippen molar-refractivity contribution < 1.29 is 4.39 Å². The number of anilines is 1. The van der Waals surface area contributed by atoms with Crippen molar-refractivity contribution in [2.24, 2.45) is 5.73 Å². The van der Waals surface area contributed by atoms with Gasteiger partial charge < -0.3 is 10.6 Å². The molecule has 98 valence electrons. The monoisotopic (exact) mass is 257 g/mol. The predicted molar refractivity (Wildman–Crippen MR) is 73.3 cm³/mol. The van der Waals surface area contributed by atoms with Crippen LogP contribution in [0.5, 0.6) is 0 Å². The molecule has 3 rings (SSSR count). The number of nitrogens with zero attached hydrogens (tertiary/aromatic N) is 2. The Balaban J connectivity index is 1.84. The van der Waals surface area contributed by atoms with Crippen molar-refractivity contribution >= 4 is 5.69 Å². The minimum absolute atomic E-state index is 0.186. The zero-order chi connectivity index (χ0) is 13.2. The first-order valence-corrected chi connectivity index (χ1v) is 6.44. The van der Waals surface area contributed by atoms with Crippen LogP contribution in [0.15, 0.2) is 36.4 Å². The highest BCUT2D eigenvalue weighted by molar-refractivity contribution is 5.58. The fourth-order valence-corrected chi connectivity index (χ4v) is 2.51. The Morgan fingerprint density at radius 3 is 2.89 bits per heavy atom. The molecule has 0 saturated heterocycles. The first-order chi connectivity index (χ1) is 9.26. The lowest BCUT2D eigenvalue weighted by Crippen LogP contribution is -2.20. The Morgan fingerprint density at radius 2 is 2.05 bits per heavy atom. The summed E-state index contributed by atoms with van der Waals surface area (Å²) in [6.45, 7) is 2.05. The van der Waals surface area contributed by atoms with E-state index < -0.39 is 0 Å². The van der Waals surface area contributed by atoms with Gasteiger partial charge in [-0.1, -0.05) is 12.1 Å². The summed E-state index contributed by atoms with van der Waals surface area (Å²) in [4.78, 5) is 6.66. The van der Waals surface area contributed by atoms with Crippen LogP contribution in [0.25, 0.3) is 0 Å². The van der Waals surface area contributed by atoms with Crippen LogP contribution in [0.3, 0.4) is 0 Å². The minimum atomic E-state index is -0.186.